The van der Waals surface area contributed by atoms with Gasteiger partial charge in [-0.15, -0.1) is 0 Å². The van der Waals surface area contributed by atoms with Crippen LogP contribution in [0.4, 0.5) is 0 Å². The average molecular weight is 329 g/mol. The van der Waals surface area contributed by atoms with E-state index in [1.807, 2.05) is 18.3 Å². The van der Waals surface area contributed by atoms with Gasteiger partial charge in [-0.1, -0.05) is 0 Å². The predicted octanol–water partition coefficient (Wildman–Crippen LogP) is 2.46. The normalized spacial score (nSPS) is 21.0. The number of methoxy groups -OCH3 is 1. The Labute approximate surface area is 141 Å². The molecule has 1 fully saturated rings. The van der Waals surface area contributed by atoms with E-state index in [1.165, 1.54) is 12.0 Å². The second-order valence-electron chi connectivity index (χ2n) is 6.36. The van der Waals surface area contributed by atoms with Gasteiger partial charge in [0.25, 0.3) is 0 Å². The minimum Gasteiger partial charge on any atom is -0.486 e. The Kier molecular flexibility index (Phi) is 4.40. The van der Waals surface area contributed by atoms with Crippen LogP contribution in [0, 0.1) is 0 Å². The zero-order valence-electron chi connectivity index (χ0n) is 14.0. The first-order valence-electron chi connectivity index (χ1n) is 8.51. The summed E-state index contributed by atoms with van der Waals surface area (Å²) in [6.07, 6.45) is 4.58. The lowest BCUT2D eigenvalue weighted by molar-refractivity contribution is 0.0286. The van der Waals surface area contributed by atoms with Crippen molar-refractivity contribution >= 4 is 0 Å². The minimum atomic E-state index is 0.336. The second-order valence-corrected chi connectivity index (χ2v) is 6.36. The summed E-state index contributed by atoms with van der Waals surface area (Å²) in [5, 5.41) is 7.40. The molecule has 2 aliphatic rings. The highest BCUT2D eigenvalue weighted by Crippen LogP contribution is 2.35. The van der Waals surface area contributed by atoms with Gasteiger partial charge in [-0.25, -0.2) is 0 Å². The molecule has 0 aliphatic carbocycles. The van der Waals surface area contributed by atoms with Crippen molar-refractivity contribution in [1.29, 1.82) is 0 Å². The average Bonchev–Trinajstić information content (AvgIpc) is 3.09. The number of nitrogens with zero attached hydrogens (tertiary/aromatic N) is 2. The summed E-state index contributed by atoms with van der Waals surface area (Å²) in [5.41, 5.74) is 3.32. The maximum absolute atomic E-state index is 5.69. The number of nitrogens with one attached hydrogen (secondary N) is 1. The van der Waals surface area contributed by atoms with E-state index in [2.05, 4.69) is 21.2 Å². The summed E-state index contributed by atoms with van der Waals surface area (Å²) in [4.78, 5) is 2.43. The third kappa shape index (κ3) is 3.12. The molecule has 2 aromatic rings. The highest BCUT2D eigenvalue weighted by Gasteiger charge is 2.21. The number of rotatable bonds is 4. The molecule has 6 nitrogen and oxygen atoms in total. The molecule has 0 saturated carbocycles. The van der Waals surface area contributed by atoms with Gasteiger partial charge in [-0.2, -0.15) is 5.10 Å². The Morgan fingerprint density at radius 2 is 2.17 bits per heavy atom. The van der Waals surface area contributed by atoms with Crippen LogP contribution in [0.1, 0.15) is 18.4 Å². The first kappa shape index (κ1) is 15.5. The number of piperidine rings is 1. The van der Waals surface area contributed by atoms with E-state index >= 15 is 0 Å². The molecule has 1 aromatic carbocycles. The maximum Gasteiger partial charge on any atom is 0.162 e. The van der Waals surface area contributed by atoms with Crippen molar-refractivity contribution in [2.45, 2.75) is 25.5 Å². The zero-order valence-corrected chi connectivity index (χ0v) is 14.0. The largest absolute Gasteiger partial charge is 0.486 e. The third-order valence-corrected chi connectivity index (χ3v) is 4.74. The van der Waals surface area contributed by atoms with E-state index in [0.717, 1.165) is 48.8 Å². The lowest BCUT2D eigenvalue weighted by atomic mass is 10.0. The van der Waals surface area contributed by atoms with Crippen molar-refractivity contribution in [3.05, 3.63) is 30.0 Å². The van der Waals surface area contributed by atoms with Gasteiger partial charge in [-0.3, -0.25) is 10.00 Å². The number of ether oxygens (including phenoxy) is 3. The molecule has 4 rings (SSSR count). The first-order valence-corrected chi connectivity index (χ1v) is 8.51. The summed E-state index contributed by atoms with van der Waals surface area (Å²) in [7, 11) is 1.80. The van der Waals surface area contributed by atoms with Crippen LogP contribution < -0.4 is 9.47 Å². The highest BCUT2D eigenvalue weighted by molar-refractivity contribution is 5.66. The minimum absolute atomic E-state index is 0.336. The second kappa shape index (κ2) is 6.83. The Balaban J connectivity index is 1.54. The van der Waals surface area contributed by atoms with E-state index in [4.69, 9.17) is 14.2 Å². The molecule has 1 saturated heterocycles. The molecule has 24 heavy (non-hydrogen) atoms. The molecule has 6 heteroatoms. The Bertz CT molecular complexity index is 701. The van der Waals surface area contributed by atoms with Crippen molar-refractivity contribution in [3.8, 4) is 22.8 Å². The fraction of sp³-hybridized carbons (Fsp3) is 0.500. The molecule has 128 valence electrons. The topological polar surface area (TPSA) is 59.6 Å². The molecule has 0 amide bonds. The van der Waals surface area contributed by atoms with E-state index in [0.29, 0.717) is 19.3 Å². The van der Waals surface area contributed by atoms with Crippen molar-refractivity contribution in [1.82, 2.24) is 15.1 Å². The number of likely N-dealkylation sites (tertiary alicyclic amines) is 1. The molecule has 2 aliphatic heterocycles. The lowest BCUT2D eigenvalue weighted by Gasteiger charge is -2.31. The van der Waals surface area contributed by atoms with Gasteiger partial charge in [0.2, 0.25) is 0 Å². The SMILES string of the molecule is COC1CCCN(Cc2cn[nH]c2-c2ccc3c(c2)OCCO3)C1. The number of hydrogen-bond donors (Lipinski definition) is 1. The Morgan fingerprint density at radius 3 is 3.04 bits per heavy atom. The van der Waals surface area contributed by atoms with E-state index in [9.17, 15) is 0 Å². The van der Waals surface area contributed by atoms with Crippen LogP contribution in [-0.4, -0.2) is 54.6 Å². The van der Waals surface area contributed by atoms with Crippen molar-refractivity contribution in [2.24, 2.45) is 0 Å². The van der Waals surface area contributed by atoms with Crippen LogP contribution >= 0.6 is 0 Å². The summed E-state index contributed by atoms with van der Waals surface area (Å²) in [6, 6.07) is 6.05. The van der Waals surface area contributed by atoms with E-state index in [1.54, 1.807) is 7.11 Å². The first-order chi connectivity index (χ1) is 11.8. The third-order valence-electron chi connectivity index (χ3n) is 4.74. The van der Waals surface area contributed by atoms with Gasteiger partial charge in [0.05, 0.1) is 18.0 Å². The molecular formula is C18H23N3O3. The van der Waals surface area contributed by atoms with Crippen LogP contribution in [0.25, 0.3) is 11.3 Å². The summed E-state index contributed by atoms with van der Waals surface area (Å²) < 4.78 is 16.8. The quantitative estimate of drug-likeness (QED) is 0.934. The van der Waals surface area contributed by atoms with E-state index in [-0.39, 0.29) is 0 Å². The molecule has 0 bridgehead atoms. The maximum atomic E-state index is 5.69. The van der Waals surface area contributed by atoms with Crippen molar-refractivity contribution in [2.75, 3.05) is 33.4 Å². The molecule has 1 N–H and O–H groups in total. The van der Waals surface area contributed by atoms with Gasteiger partial charge in [0, 0.05) is 31.3 Å². The highest BCUT2D eigenvalue weighted by atomic mass is 16.6. The smallest absolute Gasteiger partial charge is 0.162 e. The molecule has 3 heterocycles. The van der Waals surface area contributed by atoms with Gasteiger partial charge in [0.1, 0.15) is 13.2 Å². The number of H-pyrrole nitrogens is 1. The number of fused-ring (bicyclic) bond motifs is 1. The fourth-order valence-electron chi connectivity index (χ4n) is 3.47. The molecule has 1 aromatic heterocycles. The summed E-state index contributed by atoms with van der Waals surface area (Å²) in [5.74, 6) is 1.61. The number of hydrogen-bond acceptors (Lipinski definition) is 5. The number of aromatic amines is 1. The summed E-state index contributed by atoms with van der Waals surface area (Å²) >= 11 is 0. The Morgan fingerprint density at radius 1 is 1.29 bits per heavy atom. The van der Waals surface area contributed by atoms with Crippen LogP contribution in [0.15, 0.2) is 24.4 Å². The fourth-order valence-corrected chi connectivity index (χ4v) is 3.47. The van der Waals surface area contributed by atoms with Gasteiger partial charge >= 0.3 is 0 Å². The Hall–Kier alpha value is -2.05. The zero-order chi connectivity index (χ0) is 16.4. The molecule has 1 unspecified atom stereocenters. The molecular weight excluding hydrogens is 306 g/mol. The van der Waals surface area contributed by atoms with Crippen molar-refractivity contribution in [3.63, 3.8) is 0 Å². The van der Waals surface area contributed by atoms with E-state index < -0.39 is 0 Å². The monoisotopic (exact) mass is 329 g/mol. The van der Waals surface area contributed by atoms with Crippen molar-refractivity contribution < 1.29 is 14.2 Å². The predicted molar refractivity (Wildman–Crippen MR) is 90.3 cm³/mol. The lowest BCUT2D eigenvalue weighted by Crippen LogP contribution is -2.38. The van der Waals surface area contributed by atoms with Gasteiger partial charge in [0.15, 0.2) is 11.5 Å². The number of benzene rings is 1. The molecule has 1 atom stereocenters. The summed E-state index contributed by atoms with van der Waals surface area (Å²) in [6.45, 7) is 4.16. The van der Waals surface area contributed by atoms with Gasteiger partial charge < -0.3 is 14.2 Å². The standard InChI is InChI=1S/C18H23N3O3/c1-22-15-3-2-6-21(12-15)11-14-10-19-20-18(14)13-4-5-16-17(9-13)24-8-7-23-16/h4-5,9-10,15H,2-3,6-8,11-12H2,1H3,(H,19,20). The van der Waals surface area contributed by atoms with Crippen LogP contribution in [-0.2, 0) is 11.3 Å². The van der Waals surface area contributed by atoms with Crippen LogP contribution in [0.3, 0.4) is 0 Å². The molecule has 0 radical (unpaired) electrons. The molecule has 0 spiro atoms. The number of aromatic nitrogens is 2. The van der Waals surface area contributed by atoms with Crippen LogP contribution in [0.2, 0.25) is 0 Å². The van der Waals surface area contributed by atoms with Gasteiger partial charge in [-0.05, 0) is 37.6 Å². The van der Waals surface area contributed by atoms with Crippen LogP contribution in [0.5, 0.6) is 11.5 Å².